The van der Waals surface area contributed by atoms with Crippen LogP contribution in [0.4, 0.5) is 0 Å². The first kappa shape index (κ1) is 19.5. The molecule has 6 heteroatoms. The summed E-state index contributed by atoms with van der Waals surface area (Å²) in [5, 5.41) is 8.96. The lowest BCUT2D eigenvalue weighted by Crippen LogP contribution is -2.30. The maximum atomic E-state index is 11.7. The molecule has 2 rings (SSSR count). The first-order valence-corrected chi connectivity index (χ1v) is 8.02. The third kappa shape index (κ3) is 8.00. The molecule has 0 radical (unpaired) electrons. The van der Waals surface area contributed by atoms with Crippen LogP contribution in [0.25, 0.3) is 0 Å². The van der Waals surface area contributed by atoms with E-state index >= 15 is 0 Å². The predicted octanol–water partition coefficient (Wildman–Crippen LogP) is 1.62. The summed E-state index contributed by atoms with van der Waals surface area (Å²) in [5.74, 6) is 0.631. The van der Waals surface area contributed by atoms with Crippen molar-refractivity contribution < 1.29 is 9.59 Å². The predicted molar refractivity (Wildman–Crippen MR) is 93.4 cm³/mol. The third-order valence-corrected chi connectivity index (χ3v) is 3.95. The zero-order chi connectivity index (χ0) is 15.6. The Labute approximate surface area is 144 Å². The normalized spacial score (nSPS) is 16.4. The van der Waals surface area contributed by atoms with Crippen molar-refractivity contribution >= 4 is 24.2 Å². The van der Waals surface area contributed by atoms with Crippen molar-refractivity contribution in [3.63, 3.8) is 0 Å². The van der Waals surface area contributed by atoms with Gasteiger partial charge in [0.15, 0.2) is 0 Å². The van der Waals surface area contributed by atoms with Gasteiger partial charge in [-0.05, 0) is 37.4 Å². The molecule has 0 aromatic heterocycles. The smallest absolute Gasteiger partial charge is 0.222 e. The molecule has 1 unspecified atom stereocenters. The Morgan fingerprint density at radius 3 is 2.52 bits per heavy atom. The van der Waals surface area contributed by atoms with Crippen LogP contribution in [0.2, 0.25) is 0 Å². The lowest BCUT2D eigenvalue weighted by Gasteiger charge is -2.09. The SMILES string of the molecule is Cl.O=C(CCC1CCNC1)NCCC(=O)NCc1ccccc1. The summed E-state index contributed by atoms with van der Waals surface area (Å²) in [6, 6.07) is 9.78. The number of hydrogen-bond acceptors (Lipinski definition) is 3. The van der Waals surface area contributed by atoms with Gasteiger partial charge in [-0.2, -0.15) is 0 Å². The average Bonchev–Trinajstić information content (AvgIpc) is 3.05. The van der Waals surface area contributed by atoms with Gasteiger partial charge in [0.1, 0.15) is 0 Å². The Hall–Kier alpha value is -1.59. The number of carbonyl (C=O) groups is 2. The molecule has 1 fully saturated rings. The number of rotatable bonds is 8. The van der Waals surface area contributed by atoms with E-state index in [1.807, 2.05) is 30.3 Å². The summed E-state index contributed by atoms with van der Waals surface area (Å²) in [6.07, 6.45) is 2.97. The first-order valence-electron chi connectivity index (χ1n) is 8.02. The second kappa shape index (κ2) is 11.0. The quantitative estimate of drug-likeness (QED) is 0.674. The Bertz CT molecular complexity index is 476. The van der Waals surface area contributed by atoms with Gasteiger partial charge in [-0.1, -0.05) is 30.3 Å². The highest BCUT2D eigenvalue weighted by molar-refractivity contribution is 5.85. The molecule has 1 aliphatic heterocycles. The molecule has 1 aliphatic rings. The van der Waals surface area contributed by atoms with Gasteiger partial charge >= 0.3 is 0 Å². The van der Waals surface area contributed by atoms with Crippen molar-refractivity contribution in [1.29, 1.82) is 0 Å². The van der Waals surface area contributed by atoms with E-state index in [4.69, 9.17) is 0 Å². The third-order valence-electron chi connectivity index (χ3n) is 3.95. The van der Waals surface area contributed by atoms with Crippen LogP contribution < -0.4 is 16.0 Å². The lowest BCUT2D eigenvalue weighted by atomic mass is 10.0. The largest absolute Gasteiger partial charge is 0.356 e. The van der Waals surface area contributed by atoms with E-state index < -0.39 is 0 Å². The van der Waals surface area contributed by atoms with Crippen LogP contribution in [0.15, 0.2) is 30.3 Å². The first-order chi connectivity index (χ1) is 10.7. The van der Waals surface area contributed by atoms with Crippen molar-refractivity contribution in [2.45, 2.75) is 32.2 Å². The van der Waals surface area contributed by atoms with Crippen LogP contribution in [-0.4, -0.2) is 31.4 Å². The van der Waals surface area contributed by atoms with Crippen molar-refractivity contribution in [1.82, 2.24) is 16.0 Å². The molecule has 5 nitrogen and oxygen atoms in total. The molecule has 1 saturated heterocycles. The van der Waals surface area contributed by atoms with E-state index in [1.54, 1.807) is 0 Å². The lowest BCUT2D eigenvalue weighted by molar-refractivity contribution is -0.122. The summed E-state index contributed by atoms with van der Waals surface area (Å²) in [5.41, 5.74) is 1.07. The minimum atomic E-state index is -0.0378. The van der Waals surface area contributed by atoms with Crippen LogP contribution in [0.3, 0.4) is 0 Å². The minimum absolute atomic E-state index is 0. The number of halogens is 1. The molecular formula is C17H26ClN3O2. The van der Waals surface area contributed by atoms with Gasteiger partial charge in [-0.3, -0.25) is 9.59 Å². The topological polar surface area (TPSA) is 70.2 Å². The van der Waals surface area contributed by atoms with E-state index in [0.29, 0.717) is 31.8 Å². The van der Waals surface area contributed by atoms with Crippen LogP contribution in [-0.2, 0) is 16.1 Å². The molecule has 0 aliphatic carbocycles. The van der Waals surface area contributed by atoms with Gasteiger partial charge in [-0.25, -0.2) is 0 Å². The Morgan fingerprint density at radius 2 is 1.83 bits per heavy atom. The Balaban J connectivity index is 0.00000264. The van der Waals surface area contributed by atoms with Crippen LogP contribution >= 0.6 is 12.4 Å². The number of hydrogen-bond donors (Lipinski definition) is 3. The molecular weight excluding hydrogens is 314 g/mol. The standard InChI is InChI=1S/C17H25N3O2.ClH/c21-16(7-6-15-8-10-18-12-15)19-11-9-17(22)20-13-14-4-2-1-3-5-14;/h1-5,15,18H,6-13H2,(H,19,21)(H,20,22);1H. The van der Waals surface area contributed by atoms with Gasteiger partial charge in [-0.15, -0.1) is 12.4 Å². The number of amides is 2. The molecule has 0 saturated carbocycles. The van der Waals surface area contributed by atoms with Crippen molar-refractivity contribution in [3.8, 4) is 0 Å². The van der Waals surface area contributed by atoms with Crippen LogP contribution in [0.1, 0.15) is 31.2 Å². The van der Waals surface area contributed by atoms with Crippen molar-refractivity contribution in [2.24, 2.45) is 5.92 Å². The minimum Gasteiger partial charge on any atom is -0.356 e. The zero-order valence-corrected chi connectivity index (χ0v) is 14.2. The van der Waals surface area contributed by atoms with Gasteiger partial charge in [0.05, 0.1) is 0 Å². The molecule has 128 valence electrons. The average molecular weight is 340 g/mol. The second-order valence-corrected chi connectivity index (χ2v) is 5.76. The molecule has 0 bridgehead atoms. The Kier molecular flexibility index (Phi) is 9.33. The second-order valence-electron chi connectivity index (χ2n) is 5.76. The number of nitrogens with one attached hydrogen (secondary N) is 3. The van der Waals surface area contributed by atoms with Crippen LogP contribution in [0, 0.1) is 5.92 Å². The summed E-state index contributed by atoms with van der Waals surface area (Å²) in [6.45, 7) is 3.02. The van der Waals surface area contributed by atoms with E-state index in [9.17, 15) is 9.59 Å². The fraction of sp³-hybridized carbons (Fsp3) is 0.529. The molecule has 2 amide bonds. The fourth-order valence-corrected chi connectivity index (χ4v) is 2.58. The monoisotopic (exact) mass is 339 g/mol. The van der Waals surface area contributed by atoms with Gasteiger partial charge in [0, 0.05) is 25.9 Å². The number of benzene rings is 1. The van der Waals surface area contributed by atoms with E-state index in [-0.39, 0.29) is 24.2 Å². The molecule has 1 aromatic rings. The molecule has 0 spiro atoms. The molecule has 23 heavy (non-hydrogen) atoms. The summed E-state index contributed by atoms with van der Waals surface area (Å²) in [4.78, 5) is 23.4. The highest BCUT2D eigenvalue weighted by Gasteiger charge is 2.15. The maximum Gasteiger partial charge on any atom is 0.222 e. The fourth-order valence-electron chi connectivity index (χ4n) is 2.58. The highest BCUT2D eigenvalue weighted by Crippen LogP contribution is 2.13. The van der Waals surface area contributed by atoms with E-state index in [1.165, 1.54) is 0 Å². The van der Waals surface area contributed by atoms with Gasteiger partial charge in [0.25, 0.3) is 0 Å². The molecule has 1 heterocycles. The zero-order valence-electron chi connectivity index (χ0n) is 13.3. The van der Waals surface area contributed by atoms with E-state index in [0.717, 1.165) is 31.5 Å². The molecule has 3 N–H and O–H groups in total. The summed E-state index contributed by atoms with van der Waals surface area (Å²) in [7, 11) is 0. The van der Waals surface area contributed by atoms with E-state index in [2.05, 4.69) is 16.0 Å². The van der Waals surface area contributed by atoms with Crippen LogP contribution in [0.5, 0.6) is 0 Å². The van der Waals surface area contributed by atoms with Gasteiger partial charge in [0.2, 0.25) is 11.8 Å². The van der Waals surface area contributed by atoms with Crippen molar-refractivity contribution in [3.05, 3.63) is 35.9 Å². The summed E-state index contributed by atoms with van der Waals surface area (Å²) >= 11 is 0. The van der Waals surface area contributed by atoms with Gasteiger partial charge < -0.3 is 16.0 Å². The Morgan fingerprint density at radius 1 is 1.09 bits per heavy atom. The molecule has 1 atom stereocenters. The number of carbonyl (C=O) groups excluding carboxylic acids is 2. The molecule has 1 aromatic carbocycles. The van der Waals surface area contributed by atoms with Crippen molar-refractivity contribution in [2.75, 3.05) is 19.6 Å². The highest BCUT2D eigenvalue weighted by atomic mass is 35.5. The maximum absolute atomic E-state index is 11.7. The summed E-state index contributed by atoms with van der Waals surface area (Å²) < 4.78 is 0.